The van der Waals surface area contributed by atoms with Crippen molar-refractivity contribution in [2.45, 2.75) is 18.8 Å². The highest BCUT2D eigenvalue weighted by Gasteiger charge is 2.18. The van der Waals surface area contributed by atoms with Gasteiger partial charge in [0.25, 0.3) is 0 Å². The Balaban J connectivity index is 2.87. The van der Waals surface area contributed by atoms with Crippen LogP contribution in [-0.2, 0) is 15.6 Å². The van der Waals surface area contributed by atoms with Crippen LogP contribution in [0.4, 0.5) is 0 Å². The average Bonchev–Trinajstić information content (AvgIpc) is 2.23. The molecular weight excluding hydrogens is 308 g/mol. The molecule has 0 heterocycles. The summed E-state index contributed by atoms with van der Waals surface area (Å²) in [6.45, 7) is 1.29. The van der Waals surface area contributed by atoms with Crippen LogP contribution >= 0.6 is 15.9 Å². The number of rotatable bonds is 5. The van der Waals surface area contributed by atoms with Gasteiger partial charge in [-0.2, -0.15) is 0 Å². The number of halogens is 1. The Hall–Kier alpha value is -0.430. The van der Waals surface area contributed by atoms with Crippen molar-refractivity contribution in [2.75, 3.05) is 12.4 Å². The van der Waals surface area contributed by atoms with Crippen molar-refractivity contribution in [3.63, 3.8) is 0 Å². The maximum atomic E-state index is 11.7. The maximum Gasteiger partial charge on any atom is 0.157 e. The number of benzene rings is 1. The molecule has 1 aromatic carbocycles. The van der Waals surface area contributed by atoms with Crippen LogP contribution in [0.25, 0.3) is 0 Å². The van der Waals surface area contributed by atoms with E-state index in [1.54, 1.807) is 12.1 Å². The number of aliphatic hydroxyl groups is 2. The molecule has 2 N–H and O–H groups in total. The lowest BCUT2D eigenvalue weighted by molar-refractivity contribution is 0.112. The van der Waals surface area contributed by atoms with Gasteiger partial charge in [0.05, 0.1) is 24.2 Å². The van der Waals surface area contributed by atoms with Crippen LogP contribution < -0.4 is 0 Å². The first kappa shape index (κ1) is 14.6. The van der Waals surface area contributed by atoms with Crippen molar-refractivity contribution in [3.8, 4) is 0 Å². The Bertz CT molecular complexity index is 484. The predicted octanol–water partition coefficient (Wildman–Crippen LogP) is 1.03. The summed E-state index contributed by atoms with van der Waals surface area (Å²) in [6, 6.07) is 5.35. The normalized spacial score (nSPS) is 13.6. The molecular formula is C11H15BrO4S. The zero-order valence-corrected chi connectivity index (χ0v) is 11.8. The molecule has 1 unspecified atom stereocenters. The molecule has 0 spiro atoms. The van der Waals surface area contributed by atoms with Gasteiger partial charge < -0.3 is 10.2 Å². The third-order valence-electron chi connectivity index (χ3n) is 2.41. The molecule has 0 saturated heterocycles. The summed E-state index contributed by atoms with van der Waals surface area (Å²) in [5, 5.41) is 17.8. The van der Waals surface area contributed by atoms with Crippen molar-refractivity contribution in [1.29, 1.82) is 0 Å². The molecule has 1 atom stereocenters. The summed E-state index contributed by atoms with van der Waals surface area (Å²) in [6.07, 6.45) is -1.22. The Labute approximate surface area is 109 Å². The van der Waals surface area contributed by atoms with Gasteiger partial charge in [0, 0.05) is 4.47 Å². The van der Waals surface area contributed by atoms with E-state index in [-0.39, 0.29) is 5.75 Å². The van der Waals surface area contributed by atoms with Gasteiger partial charge in [-0.25, -0.2) is 8.42 Å². The lowest BCUT2D eigenvalue weighted by Gasteiger charge is -2.10. The third kappa shape index (κ3) is 4.39. The quantitative estimate of drug-likeness (QED) is 0.849. The monoisotopic (exact) mass is 322 g/mol. The summed E-state index contributed by atoms with van der Waals surface area (Å²) in [7, 11) is -3.42. The first-order valence-electron chi connectivity index (χ1n) is 5.09. The minimum absolute atomic E-state index is 0.130. The van der Waals surface area contributed by atoms with E-state index in [2.05, 4.69) is 15.9 Å². The van der Waals surface area contributed by atoms with E-state index >= 15 is 0 Å². The molecule has 1 rings (SSSR count). The zero-order valence-electron chi connectivity index (χ0n) is 9.43. The van der Waals surface area contributed by atoms with Crippen LogP contribution in [0.3, 0.4) is 0 Å². The molecule has 0 saturated carbocycles. The molecule has 0 aliphatic heterocycles. The summed E-state index contributed by atoms with van der Waals surface area (Å²) in [5.41, 5.74) is 1.57. The summed E-state index contributed by atoms with van der Waals surface area (Å²) < 4.78 is 24.3. The molecule has 0 aromatic heterocycles. The first-order valence-corrected chi connectivity index (χ1v) is 7.70. The van der Waals surface area contributed by atoms with Crippen molar-refractivity contribution < 1.29 is 18.6 Å². The van der Waals surface area contributed by atoms with E-state index in [1.165, 1.54) is 0 Å². The van der Waals surface area contributed by atoms with E-state index in [0.717, 1.165) is 10.0 Å². The van der Waals surface area contributed by atoms with E-state index in [9.17, 15) is 8.42 Å². The second-order valence-corrected chi connectivity index (χ2v) is 6.88. The Kier molecular flexibility index (Phi) is 5.12. The fraction of sp³-hybridized carbons (Fsp3) is 0.455. The highest BCUT2D eigenvalue weighted by molar-refractivity contribution is 9.10. The van der Waals surface area contributed by atoms with E-state index < -0.39 is 28.3 Å². The van der Waals surface area contributed by atoms with Crippen LogP contribution in [0.5, 0.6) is 0 Å². The van der Waals surface area contributed by atoms with E-state index in [4.69, 9.17) is 10.2 Å². The smallest absolute Gasteiger partial charge is 0.157 e. The largest absolute Gasteiger partial charge is 0.394 e. The molecule has 0 amide bonds. The van der Waals surface area contributed by atoms with Crippen molar-refractivity contribution in [1.82, 2.24) is 0 Å². The molecule has 0 fully saturated rings. The maximum absolute atomic E-state index is 11.7. The number of sulfone groups is 1. The topological polar surface area (TPSA) is 74.6 Å². The zero-order chi connectivity index (χ0) is 13.1. The van der Waals surface area contributed by atoms with Crippen LogP contribution in [0, 0.1) is 6.92 Å². The number of aliphatic hydroxyl groups excluding tert-OH is 2. The predicted molar refractivity (Wildman–Crippen MR) is 69.5 cm³/mol. The van der Waals surface area contributed by atoms with Gasteiger partial charge >= 0.3 is 0 Å². The molecule has 17 heavy (non-hydrogen) atoms. The molecule has 1 aromatic rings. The van der Waals surface area contributed by atoms with Gasteiger partial charge in [-0.05, 0) is 24.1 Å². The lowest BCUT2D eigenvalue weighted by atomic mass is 10.1. The molecule has 0 radical (unpaired) electrons. The third-order valence-corrected chi connectivity index (χ3v) is 4.91. The highest BCUT2D eigenvalue weighted by atomic mass is 79.9. The minimum atomic E-state index is -3.42. The van der Waals surface area contributed by atoms with Gasteiger partial charge in [0.2, 0.25) is 0 Å². The Morgan fingerprint density at radius 2 is 2.06 bits per heavy atom. The SMILES string of the molecule is Cc1c(Br)cccc1CS(=O)(=O)CC(O)CO. The molecule has 96 valence electrons. The van der Waals surface area contributed by atoms with Gasteiger partial charge in [-0.3, -0.25) is 0 Å². The van der Waals surface area contributed by atoms with Crippen LogP contribution in [0.2, 0.25) is 0 Å². The molecule has 0 bridgehead atoms. The molecule has 0 aliphatic rings. The summed E-state index contributed by atoms with van der Waals surface area (Å²) in [4.78, 5) is 0. The van der Waals surface area contributed by atoms with Crippen LogP contribution in [-0.4, -0.2) is 37.1 Å². The lowest BCUT2D eigenvalue weighted by Crippen LogP contribution is -2.25. The van der Waals surface area contributed by atoms with Gasteiger partial charge in [0.1, 0.15) is 0 Å². The van der Waals surface area contributed by atoms with E-state index in [0.29, 0.717) is 5.56 Å². The van der Waals surface area contributed by atoms with E-state index in [1.807, 2.05) is 13.0 Å². The highest BCUT2D eigenvalue weighted by Crippen LogP contribution is 2.21. The second kappa shape index (κ2) is 5.95. The molecule has 0 aliphatic carbocycles. The number of hydrogen-bond donors (Lipinski definition) is 2. The molecule has 4 nitrogen and oxygen atoms in total. The van der Waals surface area contributed by atoms with Crippen LogP contribution in [0.15, 0.2) is 22.7 Å². The minimum Gasteiger partial charge on any atom is -0.394 e. The Morgan fingerprint density at radius 1 is 1.41 bits per heavy atom. The fourth-order valence-corrected chi connectivity index (χ4v) is 3.45. The summed E-state index contributed by atoms with van der Waals surface area (Å²) >= 11 is 3.33. The van der Waals surface area contributed by atoms with Crippen molar-refractivity contribution in [2.24, 2.45) is 0 Å². The average molecular weight is 323 g/mol. The second-order valence-electron chi connectivity index (χ2n) is 3.91. The van der Waals surface area contributed by atoms with Gasteiger partial charge in [-0.15, -0.1) is 0 Å². The fourth-order valence-electron chi connectivity index (χ4n) is 1.45. The molecule has 6 heteroatoms. The summed E-state index contributed by atoms with van der Waals surface area (Å²) in [5.74, 6) is -0.551. The van der Waals surface area contributed by atoms with Gasteiger partial charge in [0.15, 0.2) is 9.84 Å². The number of hydrogen-bond acceptors (Lipinski definition) is 4. The first-order chi connectivity index (χ1) is 7.85. The van der Waals surface area contributed by atoms with Crippen molar-refractivity contribution >= 4 is 25.8 Å². The standard InChI is InChI=1S/C11H15BrO4S/c1-8-9(3-2-4-11(8)12)6-17(15,16)7-10(14)5-13/h2-4,10,13-14H,5-7H2,1H3. The van der Waals surface area contributed by atoms with Crippen LogP contribution in [0.1, 0.15) is 11.1 Å². The Morgan fingerprint density at radius 3 is 2.65 bits per heavy atom. The van der Waals surface area contributed by atoms with Gasteiger partial charge in [-0.1, -0.05) is 28.1 Å². The van der Waals surface area contributed by atoms with Crippen molar-refractivity contribution in [3.05, 3.63) is 33.8 Å².